The Kier molecular flexibility index (Phi) is 28.4. The van der Waals surface area contributed by atoms with Gasteiger partial charge >= 0.3 is 0 Å². The summed E-state index contributed by atoms with van der Waals surface area (Å²) in [5.74, 6) is 3.36. The van der Waals surface area contributed by atoms with Gasteiger partial charge in [0.2, 0.25) is 0 Å². The van der Waals surface area contributed by atoms with Gasteiger partial charge in [-0.3, -0.25) is 0 Å². The summed E-state index contributed by atoms with van der Waals surface area (Å²) >= 11 is 0. The van der Waals surface area contributed by atoms with E-state index in [-0.39, 0.29) is 32.7 Å². The SMILES string of the molecule is C=CC1CC(C=C)C(CCCc2ccccc2)C1.CC.CC.Cc1nn[c-]o1.Cc1nn[c-]o1.[Y].c1ccccc1. The minimum absolute atomic E-state index is 0. The van der Waals surface area contributed by atoms with E-state index in [0.717, 1.165) is 11.8 Å². The molecule has 0 amide bonds. The summed E-state index contributed by atoms with van der Waals surface area (Å²) in [6.45, 7) is 19.4. The maximum Gasteiger partial charge on any atom is 0.0550 e. The summed E-state index contributed by atoms with van der Waals surface area (Å²) in [5.41, 5.74) is 1.46. The Balaban J connectivity index is 0. The molecule has 1 saturated carbocycles. The molecule has 3 atom stereocenters. The maximum absolute atomic E-state index is 4.49. The van der Waals surface area contributed by atoms with Crippen LogP contribution in [0.5, 0.6) is 0 Å². The van der Waals surface area contributed by atoms with E-state index >= 15 is 0 Å². The van der Waals surface area contributed by atoms with Crippen molar-refractivity contribution in [3.05, 3.63) is 122 Å². The molecular formula is C34H48N4O2Y-2. The molecule has 221 valence electrons. The predicted molar refractivity (Wildman–Crippen MR) is 164 cm³/mol. The Bertz CT molecular complexity index is 984. The fraction of sp³-hybridized carbons (Fsp3) is 0.412. The second kappa shape index (κ2) is 28.8. The topological polar surface area (TPSA) is 77.8 Å². The van der Waals surface area contributed by atoms with Gasteiger partial charge in [-0.1, -0.05) is 120 Å². The fourth-order valence-corrected chi connectivity index (χ4v) is 4.01. The Morgan fingerprint density at radius 3 is 1.56 bits per heavy atom. The first-order chi connectivity index (χ1) is 19.6. The number of rotatable bonds is 6. The van der Waals surface area contributed by atoms with Gasteiger partial charge in [-0.25, -0.2) is 20.4 Å². The van der Waals surface area contributed by atoms with Crippen molar-refractivity contribution in [2.24, 2.45) is 17.8 Å². The molecule has 5 rings (SSSR count). The number of benzene rings is 2. The Hall–Kier alpha value is -2.70. The first kappa shape index (κ1) is 40.4. The predicted octanol–water partition coefficient (Wildman–Crippen LogP) is 9.12. The monoisotopic (exact) mass is 633 g/mol. The molecule has 41 heavy (non-hydrogen) atoms. The van der Waals surface area contributed by atoms with Crippen LogP contribution < -0.4 is 0 Å². The van der Waals surface area contributed by atoms with E-state index in [1.165, 1.54) is 37.7 Å². The molecule has 0 spiro atoms. The first-order valence-corrected chi connectivity index (χ1v) is 14.2. The van der Waals surface area contributed by atoms with E-state index in [1.54, 1.807) is 13.8 Å². The van der Waals surface area contributed by atoms with Gasteiger partial charge in [-0.15, -0.1) is 13.2 Å². The third-order valence-electron chi connectivity index (χ3n) is 5.82. The molecular weight excluding hydrogens is 585 g/mol. The van der Waals surface area contributed by atoms with Crippen molar-refractivity contribution in [3.8, 4) is 0 Å². The van der Waals surface area contributed by atoms with Crippen molar-refractivity contribution in [2.45, 2.75) is 73.6 Å². The number of aromatic nitrogens is 4. The molecule has 2 aromatic heterocycles. The molecule has 0 aliphatic heterocycles. The second-order valence-corrected chi connectivity index (χ2v) is 8.48. The second-order valence-electron chi connectivity index (χ2n) is 8.48. The molecule has 2 aromatic carbocycles. The van der Waals surface area contributed by atoms with Crippen molar-refractivity contribution in [3.63, 3.8) is 0 Å². The van der Waals surface area contributed by atoms with Gasteiger partial charge in [-0.05, 0) is 55.4 Å². The summed E-state index contributed by atoms with van der Waals surface area (Å²) in [6.07, 6.45) is 15.1. The van der Waals surface area contributed by atoms with Gasteiger partial charge in [-0.2, -0.15) is 0 Å². The molecule has 2 heterocycles. The van der Waals surface area contributed by atoms with Gasteiger partial charge in [0, 0.05) is 32.7 Å². The number of hydrogen-bond donors (Lipinski definition) is 0. The Morgan fingerprint density at radius 2 is 1.22 bits per heavy atom. The zero-order valence-electron chi connectivity index (χ0n) is 25.9. The van der Waals surface area contributed by atoms with Gasteiger partial charge in [0.15, 0.2) is 0 Å². The van der Waals surface area contributed by atoms with E-state index in [9.17, 15) is 0 Å². The van der Waals surface area contributed by atoms with E-state index in [1.807, 2.05) is 64.1 Å². The summed E-state index contributed by atoms with van der Waals surface area (Å²) in [7, 11) is 0. The molecule has 0 N–H and O–H groups in total. The van der Waals surface area contributed by atoms with Crippen LogP contribution in [-0.2, 0) is 39.1 Å². The molecule has 0 saturated heterocycles. The van der Waals surface area contributed by atoms with E-state index < -0.39 is 0 Å². The molecule has 1 fully saturated rings. The van der Waals surface area contributed by atoms with Crippen molar-refractivity contribution in [2.75, 3.05) is 0 Å². The molecule has 1 aliphatic carbocycles. The van der Waals surface area contributed by atoms with Crippen LogP contribution in [0.4, 0.5) is 0 Å². The van der Waals surface area contributed by atoms with Crippen LogP contribution >= 0.6 is 0 Å². The van der Waals surface area contributed by atoms with E-state index in [4.69, 9.17) is 0 Å². The standard InChI is InChI=1S/C18H24.C6H6.2C3H3N2O.2C2H6.Y/c1-3-15-13-17(4-2)18(14-15)12-8-11-16-9-6-5-7-10-16;1-2-4-6-5-3-1;2*1-3-5-4-2-6-3;2*1-2;/h3-7,9-10,15,17-18H,1-2,8,11-14H2;1-6H;2*1H3;2*1-2H3;/q;;2*-1;;;. The minimum atomic E-state index is 0. The van der Waals surface area contributed by atoms with Crippen LogP contribution in [0.2, 0.25) is 0 Å². The summed E-state index contributed by atoms with van der Waals surface area (Å²) < 4.78 is 8.97. The average molecular weight is 634 g/mol. The van der Waals surface area contributed by atoms with Crippen molar-refractivity contribution < 1.29 is 41.5 Å². The number of allylic oxidation sites excluding steroid dienone is 2. The van der Waals surface area contributed by atoms with Crippen molar-refractivity contribution in [1.29, 1.82) is 0 Å². The number of nitrogens with zero attached hydrogens (tertiary/aromatic N) is 4. The van der Waals surface area contributed by atoms with E-state index in [0.29, 0.717) is 17.7 Å². The zero-order chi connectivity index (χ0) is 29.8. The van der Waals surface area contributed by atoms with Gasteiger partial charge in [0.1, 0.15) is 0 Å². The zero-order valence-corrected chi connectivity index (χ0v) is 28.7. The smallest absolute Gasteiger partial charge is 0.0550 e. The molecule has 7 heteroatoms. The molecule has 6 nitrogen and oxygen atoms in total. The van der Waals surface area contributed by atoms with Crippen LogP contribution in [0, 0.1) is 44.4 Å². The van der Waals surface area contributed by atoms with Crippen LogP contribution in [0.15, 0.2) is 101 Å². The van der Waals surface area contributed by atoms with Crippen LogP contribution in [-0.4, -0.2) is 20.4 Å². The van der Waals surface area contributed by atoms with E-state index in [2.05, 4.69) is 97.7 Å². The van der Waals surface area contributed by atoms with Gasteiger partial charge in [0.05, 0.1) is 24.6 Å². The number of hydrogen-bond acceptors (Lipinski definition) is 6. The molecule has 0 bridgehead atoms. The minimum Gasteiger partial charge on any atom is -0.613 e. The van der Waals surface area contributed by atoms with Crippen LogP contribution in [0.25, 0.3) is 0 Å². The molecule has 1 radical (unpaired) electrons. The fourth-order valence-electron chi connectivity index (χ4n) is 4.01. The Labute approximate surface area is 274 Å². The summed E-state index contributed by atoms with van der Waals surface area (Å²) in [6, 6.07) is 22.8. The summed E-state index contributed by atoms with van der Waals surface area (Å²) in [5, 5.41) is 13.4. The largest absolute Gasteiger partial charge is 0.613 e. The Morgan fingerprint density at radius 1 is 0.756 bits per heavy atom. The number of aryl methyl sites for hydroxylation is 3. The first-order valence-electron chi connectivity index (χ1n) is 14.2. The van der Waals surface area contributed by atoms with Crippen LogP contribution in [0.3, 0.4) is 0 Å². The maximum atomic E-state index is 4.49. The van der Waals surface area contributed by atoms with Crippen molar-refractivity contribution >= 4 is 0 Å². The third-order valence-corrected chi connectivity index (χ3v) is 5.82. The molecule has 3 unspecified atom stereocenters. The van der Waals surface area contributed by atoms with Crippen molar-refractivity contribution in [1.82, 2.24) is 20.4 Å². The summed E-state index contributed by atoms with van der Waals surface area (Å²) in [4.78, 5) is 0. The average Bonchev–Trinajstić information content (AvgIpc) is 3.80. The van der Waals surface area contributed by atoms with Gasteiger partial charge < -0.3 is 8.83 Å². The van der Waals surface area contributed by atoms with Gasteiger partial charge in [0.25, 0.3) is 0 Å². The van der Waals surface area contributed by atoms with Crippen LogP contribution in [0.1, 0.15) is 70.7 Å². The quantitative estimate of drug-likeness (QED) is 0.156. The normalized spacial score (nSPS) is 15.9. The molecule has 4 aromatic rings. The third kappa shape index (κ3) is 20.8. The molecule has 1 aliphatic rings.